The molecule has 0 atom stereocenters. The van der Waals surface area contributed by atoms with Gasteiger partial charge in [0.15, 0.2) is 0 Å². The minimum Gasteiger partial charge on any atom is -0.463 e. The SMILES string of the molecule is COC(=O)c1ncn(CC(=O)Nc2ccc(F)cc2N)n1. The molecule has 110 valence electrons. The van der Waals surface area contributed by atoms with Crippen LogP contribution in [0.15, 0.2) is 24.5 Å². The van der Waals surface area contributed by atoms with Gasteiger partial charge in [0.1, 0.15) is 18.7 Å². The summed E-state index contributed by atoms with van der Waals surface area (Å²) in [7, 11) is 1.20. The lowest BCUT2D eigenvalue weighted by Crippen LogP contribution is -2.20. The number of nitrogens with zero attached hydrogens (tertiary/aromatic N) is 3. The molecule has 2 rings (SSSR count). The number of methoxy groups -OCH3 is 1. The van der Waals surface area contributed by atoms with Crippen LogP contribution in [0.3, 0.4) is 0 Å². The summed E-state index contributed by atoms with van der Waals surface area (Å²) in [5.41, 5.74) is 5.97. The molecule has 0 aliphatic carbocycles. The van der Waals surface area contributed by atoms with Crippen LogP contribution in [0, 0.1) is 5.82 Å². The number of benzene rings is 1. The van der Waals surface area contributed by atoms with E-state index in [1.54, 1.807) is 0 Å². The van der Waals surface area contributed by atoms with E-state index >= 15 is 0 Å². The van der Waals surface area contributed by atoms with Gasteiger partial charge in [-0.25, -0.2) is 18.9 Å². The Morgan fingerprint density at radius 3 is 2.90 bits per heavy atom. The molecule has 0 saturated heterocycles. The lowest BCUT2D eigenvalue weighted by molar-refractivity contribution is -0.116. The molecular weight excluding hydrogens is 281 g/mol. The fourth-order valence-corrected chi connectivity index (χ4v) is 1.54. The molecule has 1 aromatic heterocycles. The number of ether oxygens (including phenoxy) is 1. The van der Waals surface area contributed by atoms with Crippen LogP contribution in [0.1, 0.15) is 10.6 Å². The van der Waals surface area contributed by atoms with Gasteiger partial charge in [0.2, 0.25) is 5.91 Å². The van der Waals surface area contributed by atoms with Crippen molar-refractivity contribution in [2.45, 2.75) is 6.54 Å². The molecule has 3 N–H and O–H groups in total. The van der Waals surface area contributed by atoms with E-state index in [9.17, 15) is 14.0 Å². The number of nitrogens with one attached hydrogen (secondary N) is 1. The number of rotatable bonds is 4. The standard InChI is InChI=1S/C12H12FN5O3/c1-21-12(20)11-15-6-18(17-11)5-10(19)16-9-3-2-7(13)4-8(9)14/h2-4,6H,5,14H2,1H3,(H,16,19). The van der Waals surface area contributed by atoms with Crippen LogP contribution in [0.25, 0.3) is 0 Å². The lowest BCUT2D eigenvalue weighted by Gasteiger charge is -2.07. The predicted molar refractivity (Wildman–Crippen MR) is 70.8 cm³/mol. The van der Waals surface area contributed by atoms with Crippen LogP contribution < -0.4 is 11.1 Å². The van der Waals surface area contributed by atoms with Crippen molar-refractivity contribution in [3.8, 4) is 0 Å². The Hall–Kier alpha value is -2.97. The number of nitrogens with two attached hydrogens (primary N) is 1. The fourth-order valence-electron chi connectivity index (χ4n) is 1.54. The Labute approximate surface area is 118 Å². The first-order chi connectivity index (χ1) is 9.99. The summed E-state index contributed by atoms with van der Waals surface area (Å²) < 4.78 is 18.5. The van der Waals surface area contributed by atoms with Gasteiger partial charge in [-0.05, 0) is 18.2 Å². The molecule has 2 aromatic rings. The largest absolute Gasteiger partial charge is 0.463 e. The van der Waals surface area contributed by atoms with E-state index < -0.39 is 17.7 Å². The van der Waals surface area contributed by atoms with Crippen molar-refractivity contribution in [2.24, 2.45) is 0 Å². The molecular formula is C12H12FN5O3. The van der Waals surface area contributed by atoms with Crippen molar-refractivity contribution in [1.82, 2.24) is 14.8 Å². The number of anilines is 2. The van der Waals surface area contributed by atoms with Crippen LogP contribution in [-0.2, 0) is 16.1 Å². The first kappa shape index (κ1) is 14.4. The Morgan fingerprint density at radius 2 is 2.24 bits per heavy atom. The first-order valence-corrected chi connectivity index (χ1v) is 5.82. The van der Waals surface area contributed by atoms with E-state index in [1.165, 1.54) is 30.3 Å². The summed E-state index contributed by atoms with van der Waals surface area (Å²) in [5.74, 6) is -1.79. The third-order valence-corrected chi connectivity index (χ3v) is 2.50. The minimum atomic E-state index is -0.697. The molecule has 0 fully saturated rings. The maximum atomic E-state index is 12.9. The van der Waals surface area contributed by atoms with E-state index in [1.807, 2.05) is 0 Å². The normalized spacial score (nSPS) is 10.2. The number of carbonyl (C=O) groups excluding carboxylic acids is 2. The second kappa shape index (κ2) is 5.99. The molecule has 0 aliphatic heterocycles. The zero-order valence-electron chi connectivity index (χ0n) is 11.0. The van der Waals surface area contributed by atoms with Crippen molar-refractivity contribution in [2.75, 3.05) is 18.2 Å². The highest BCUT2D eigenvalue weighted by molar-refractivity contribution is 5.93. The van der Waals surface area contributed by atoms with Crippen molar-refractivity contribution < 1.29 is 18.7 Å². The smallest absolute Gasteiger partial charge is 0.377 e. The molecule has 9 heteroatoms. The number of nitrogen functional groups attached to an aromatic ring is 1. The van der Waals surface area contributed by atoms with Crippen LogP contribution in [0.4, 0.5) is 15.8 Å². The fraction of sp³-hybridized carbons (Fsp3) is 0.167. The van der Waals surface area contributed by atoms with Gasteiger partial charge in [0, 0.05) is 0 Å². The third kappa shape index (κ3) is 3.53. The van der Waals surface area contributed by atoms with Gasteiger partial charge >= 0.3 is 5.97 Å². The Bertz CT molecular complexity index is 685. The van der Waals surface area contributed by atoms with Crippen LogP contribution in [0.5, 0.6) is 0 Å². The summed E-state index contributed by atoms with van der Waals surface area (Å²) in [4.78, 5) is 26.7. The van der Waals surface area contributed by atoms with Gasteiger partial charge in [-0.1, -0.05) is 0 Å². The zero-order valence-corrected chi connectivity index (χ0v) is 11.0. The van der Waals surface area contributed by atoms with Gasteiger partial charge in [-0.3, -0.25) is 4.79 Å². The highest BCUT2D eigenvalue weighted by atomic mass is 19.1. The van der Waals surface area contributed by atoms with Gasteiger partial charge in [-0.15, -0.1) is 5.10 Å². The van der Waals surface area contributed by atoms with Gasteiger partial charge < -0.3 is 15.8 Å². The highest BCUT2D eigenvalue weighted by Gasteiger charge is 2.13. The number of halogens is 1. The zero-order chi connectivity index (χ0) is 15.4. The second-order valence-corrected chi connectivity index (χ2v) is 4.04. The molecule has 0 bridgehead atoms. The number of carbonyl (C=O) groups is 2. The minimum absolute atomic E-state index is 0.109. The molecule has 1 heterocycles. The maximum Gasteiger partial charge on any atom is 0.377 e. The molecule has 0 saturated carbocycles. The first-order valence-electron chi connectivity index (χ1n) is 5.82. The van der Waals surface area contributed by atoms with Crippen LogP contribution >= 0.6 is 0 Å². The van der Waals surface area contributed by atoms with Crippen molar-refractivity contribution in [3.05, 3.63) is 36.2 Å². The average molecular weight is 293 g/mol. The summed E-state index contributed by atoms with van der Waals surface area (Å²) in [6.45, 7) is -0.180. The average Bonchev–Trinajstić information content (AvgIpc) is 2.89. The lowest BCUT2D eigenvalue weighted by atomic mass is 10.2. The van der Waals surface area contributed by atoms with E-state index in [2.05, 4.69) is 20.1 Å². The second-order valence-electron chi connectivity index (χ2n) is 4.04. The number of hydrogen-bond donors (Lipinski definition) is 2. The van der Waals surface area contributed by atoms with Gasteiger partial charge in [0.25, 0.3) is 5.82 Å². The van der Waals surface area contributed by atoms with E-state index in [0.717, 1.165) is 6.07 Å². The number of amides is 1. The topological polar surface area (TPSA) is 112 Å². The third-order valence-electron chi connectivity index (χ3n) is 2.50. The summed E-state index contributed by atoms with van der Waals surface area (Å²) >= 11 is 0. The Balaban J connectivity index is 2.01. The monoisotopic (exact) mass is 293 g/mol. The molecule has 21 heavy (non-hydrogen) atoms. The van der Waals surface area contributed by atoms with Crippen molar-refractivity contribution >= 4 is 23.3 Å². The molecule has 8 nitrogen and oxygen atoms in total. The van der Waals surface area contributed by atoms with Crippen LogP contribution in [-0.4, -0.2) is 33.8 Å². The summed E-state index contributed by atoms with van der Waals surface area (Å²) in [6, 6.07) is 3.63. The summed E-state index contributed by atoms with van der Waals surface area (Å²) in [5, 5.41) is 6.28. The van der Waals surface area contributed by atoms with E-state index in [-0.39, 0.29) is 23.7 Å². The molecule has 0 unspecified atom stereocenters. The quantitative estimate of drug-likeness (QED) is 0.624. The van der Waals surface area contributed by atoms with Crippen molar-refractivity contribution in [1.29, 1.82) is 0 Å². The van der Waals surface area contributed by atoms with Gasteiger partial charge in [-0.2, -0.15) is 0 Å². The summed E-state index contributed by atoms with van der Waals surface area (Å²) in [6.07, 6.45) is 1.22. The predicted octanol–water partition coefficient (Wildman–Crippen LogP) is 0.425. The molecule has 0 spiro atoms. The van der Waals surface area contributed by atoms with E-state index in [4.69, 9.17) is 5.73 Å². The molecule has 1 aromatic carbocycles. The maximum absolute atomic E-state index is 12.9. The number of aromatic nitrogens is 3. The highest BCUT2D eigenvalue weighted by Crippen LogP contribution is 2.18. The van der Waals surface area contributed by atoms with Gasteiger partial charge in [0.05, 0.1) is 18.5 Å². The Morgan fingerprint density at radius 1 is 1.48 bits per heavy atom. The molecule has 1 amide bonds. The number of esters is 1. The van der Waals surface area contributed by atoms with Crippen LogP contribution in [0.2, 0.25) is 0 Å². The molecule has 0 aliphatic rings. The van der Waals surface area contributed by atoms with E-state index in [0.29, 0.717) is 0 Å². The van der Waals surface area contributed by atoms with Crippen molar-refractivity contribution in [3.63, 3.8) is 0 Å². The molecule has 0 radical (unpaired) electrons. The Kier molecular flexibility index (Phi) is 4.12. The number of hydrogen-bond acceptors (Lipinski definition) is 6.